The van der Waals surface area contributed by atoms with Gasteiger partial charge in [-0.2, -0.15) is 5.26 Å². The monoisotopic (exact) mass is 442 g/mol. The number of aryl methyl sites for hydroxylation is 2. The van der Waals surface area contributed by atoms with Crippen LogP contribution >= 0.6 is 0 Å². The quantitative estimate of drug-likeness (QED) is 0.286. The zero-order chi connectivity index (χ0) is 23.5. The number of nitrogens with zero attached hydrogens (tertiary/aromatic N) is 4. The van der Waals surface area contributed by atoms with Crippen LogP contribution in [-0.4, -0.2) is 14.5 Å². The number of aromatic nitrogens is 3. The largest absolute Gasteiger partial charge is 0.323 e. The second kappa shape index (κ2) is 9.33. The standard InChI is InChI=1S/C30H26N4/c1-3-8-29-33-30-21(2)17-25(27-11-6-7-16-32-27)18-28(30)34(29)20-22-12-14-23(15-13-22)26-10-5-4-9-24(26)19-31/h4-7,9-18H,3,8,20H2,1-2H3. The lowest BCUT2D eigenvalue weighted by Crippen LogP contribution is -2.05. The first-order valence-electron chi connectivity index (χ1n) is 11.7. The van der Waals surface area contributed by atoms with Gasteiger partial charge in [-0.1, -0.05) is 55.5 Å². The van der Waals surface area contributed by atoms with E-state index in [1.807, 2.05) is 48.7 Å². The van der Waals surface area contributed by atoms with E-state index in [0.717, 1.165) is 64.2 Å². The SMILES string of the molecule is CCCc1nc2c(C)cc(-c3ccccn3)cc2n1Cc1ccc(-c2ccccc2C#N)cc1. The van der Waals surface area contributed by atoms with Crippen molar-refractivity contribution in [2.75, 3.05) is 0 Å². The minimum absolute atomic E-state index is 0.693. The zero-order valence-corrected chi connectivity index (χ0v) is 19.5. The van der Waals surface area contributed by atoms with Gasteiger partial charge in [0, 0.05) is 24.7 Å². The van der Waals surface area contributed by atoms with Crippen molar-refractivity contribution in [2.45, 2.75) is 33.2 Å². The summed E-state index contributed by atoms with van der Waals surface area (Å²) in [5, 5.41) is 9.45. The Bertz CT molecular complexity index is 1490. The molecule has 3 aromatic carbocycles. The van der Waals surface area contributed by atoms with E-state index in [4.69, 9.17) is 4.98 Å². The zero-order valence-electron chi connectivity index (χ0n) is 19.5. The number of benzene rings is 3. The lowest BCUT2D eigenvalue weighted by Gasteiger charge is -2.11. The Morgan fingerprint density at radius 3 is 2.44 bits per heavy atom. The fraction of sp³-hybridized carbons (Fsp3) is 0.167. The van der Waals surface area contributed by atoms with Gasteiger partial charge < -0.3 is 4.57 Å². The Balaban J connectivity index is 1.55. The molecule has 5 aromatic rings. The highest BCUT2D eigenvalue weighted by Crippen LogP contribution is 2.29. The van der Waals surface area contributed by atoms with Crippen LogP contribution < -0.4 is 0 Å². The van der Waals surface area contributed by atoms with Gasteiger partial charge in [-0.15, -0.1) is 0 Å². The highest BCUT2D eigenvalue weighted by atomic mass is 15.1. The summed E-state index contributed by atoms with van der Waals surface area (Å²) in [6.07, 6.45) is 3.81. The number of hydrogen-bond donors (Lipinski definition) is 0. The Morgan fingerprint density at radius 1 is 0.912 bits per heavy atom. The van der Waals surface area contributed by atoms with Crippen molar-refractivity contribution in [3.8, 4) is 28.5 Å². The smallest absolute Gasteiger partial charge is 0.110 e. The Labute approximate surface area is 200 Å². The summed E-state index contributed by atoms with van der Waals surface area (Å²) in [5.41, 5.74) is 9.36. The van der Waals surface area contributed by atoms with Gasteiger partial charge in [0.2, 0.25) is 0 Å². The third-order valence-corrected chi connectivity index (χ3v) is 6.21. The van der Waals surface area contributed by atoms with Gasteiger partial charge in [-0.05, 0) is 65.9 Å². The maximum Gasteiger partial charge on any atom is 0.110 e. The minimum atomic E-state index is 0.693. The molecule has 0 aliphatic carbocycles. The van der Waals surface area contributed by atoms with Gasteiger partial charge >= 0.3 is 0 Å². The Morgan fingerprint density at radius 2 is 1.71 bits per heavy atom. The topological polar surface area (TPSA) is 54.5 Å². The summed E-state index contributed by atoms with van der Waals surface area (Å²) in [6.45, 7) is 5.07. The highest BCUT2D eigenvalue weighted by Gasteiger charge is 2.15. The van der Waals surface area contributed by atoms with Crippen LogP contribution in [0.1, 0.15) is 35.9 Å². The normalized spacial score (nSPS) is 11.0. The predicted molar refractivity (Wildman–Crippen MR) is 137 cm³/mol. The molecule has 0 atom stereocenters. The number of pyridine rings is 1. The molecule has 0 aliphatic rings. The van der Waals surface area contributed by atoms with Crippen LogP contribution in [0, 0.1) is 18.3 Å². The fourth-order valence-corrected chi connectivity index (χ4v) is 4.52. The highest BCUT2D eigenvalue weighted by molar-refractivity contribution is 5.85. The molecular formula is C30H26N4. The molecule has 0 radical (unpaired) electrons. The van der Waals surface area contributed by atoms with E-state index in [0.29, 0.717) is 5.56 Å². The molecule has 34 heavy (non-hydrogen) atoms. The molecule has 166 valence electrons. The third-order valence-electron chi connectivity index (χ3n) is 6.21. The number of nitriles is 1. The van der Waals surface area contributed by atoms with Crippen LogP contribution in [0.5, 0.6) is 0 Å². The first-order valence-corrected chi connectivity index (χ1v) is 11.7. The number of imidazole rings is 1. The lowest BCUT2D eigenvalue weighted by atomic mass is 9.99. The van der Waals surface area contributed by atoms with E-state index in [1.165, 1.54) is 5.56 Å². The summed E-state index contributed by atoms with van der Waals surface area (Å²) in [5.74, 6) is 1.11. The molecule has 0 N–H and O–H groups in total. The Hall–Kier alpha value is -4.23. The first-order chi connectivity index (χ1) is 16.7. The molecule has 4 nitrogen and oxygen atoms in total. The van der Waals surface area contributed by atoms with E-state index in [1.54, 1.807) is 0 Å². The van der Waals surface area contributed by atoms with Gasteiger partial charge in [0.1, 0.15) is 5.82 Å². The lowest BCUT2D eigenvalue weighted by molar-refractivity contribution is 0.722. The summed E-state index contributed by atoms with van der Waals surface area (Å²) in [4.78, 5) is 9.58. The van der Waals surface area contributed by atoms with E-state index in [2.05, 4.69) is 65.9 Å². The van der Waals surface area contributed by atoms with Crippen LogP contribution in [0.15, 0.2) is 85.1 Å². The molecule has 2 aromatic heterocycles. The maximum absolute atomic E-state index is 9.45. The van der Waals surface area contributed by atoms with Crippen molar-refractivity contribution < 1.29 is 0 Å². The van der Waals surface area contributed by atoms with Crippen molar-refractivity contribution >= 4 is 11.0 Å². The van der Waals surface area contributed by atoms with Crippen molar-refractivity contribution in [1.82, 2.24) is 14.5 Å². The first kappa shape index (κ1) is 21.6. The molecular weight excluding hydrogens is 416 g/mol. The summed E-state index contributed by atoms with van der Waals surface area (Å²) < 4.78 is 2.34. The van der Waals surface area contributed by atoms with Gasteiger partial charge in [-0.3, -0.25) is 4.98 Å². The van der Waals surface area contributed by atoms with Gasteiger partial charge in [-0.25, -0.2) is 4.98 Å². The molecule has 0 fully saturated rings. The van der Waals surface area contributed by atoms with Crippen LogP contribution in [0.3, 0.4) is 0 Å². The van der Waals surface area contributed by atoms with E-state index in [9.17, 15) is 5.26 Å². The molecule has 0 amide bonds. The molecule has 0 aliphatic heterocycles. The molecule has 0 bridgehead atoms. The van der Waals surface area contributed by atoms with Gasteiger partial charge in [0.05, 0.1) is 28.4 Å². The van der Waals surface area contributed by atoms with Crippen LogP contribution in [0.2, 0.25) is 0 Å². The Kier molecular flexibility index (Phi) is 5.93. The van der Waals surface area contributed by atoms with E-state index < -0.39 is 0 Å². The predicted octanol–water partition coefficient (Wildman–Crippen LogP) is 6.95. The molecule has 5 rings (SSSR count). The van der Waals surface area contributed by atoms with Gasteiger partial charge in [0.15, 0.2) is 0 Å². The minimum Gasteiger partial charge on any atom is -0.323 e. The van der Waals surface area contributed by atoms with Crippen molar-refractivity contribution in [1.29, 1.82) is 5.26 Å². The molecule has 2 heterocycles. The van der Waals surface area contributed by atoms with Crippen molar-refractivity contribution in [3.63, 3.8) is 0 Å². The third kappa shape index (κ3) is 4.09. The molecule has 0 spiro atoms. The average molecular weight is 443 g/mol. The number of rotatable bonds is 6. The summed E-state index contributed by atoms with van der Waals surface area (Å²) in [7, 11) is 0. The molecule has 0 saturated carbocycles. The number of fused-ring (bicyclic) bond motifs is 1. The maximum atomic E-state index is 9.45. The fourth-order valence-electron chi connectivity index (χ4n) is 4.52. The molecule has 0 saturated heterocycles. The second-order valence-electron chi connectivity index (χ2n) is 8.59. The molecule has 4 heteroatoms. The van der Waals surface area contributed by atoms with Crippen LogP contribution in [0.4, 0.5) is 0 Å². The van der Waals surface area contributed by atoms with Crippen LogP contribution in [-0.2, 0) is 13.0 Å². The van der Waals surface area contributed by atoms with Crippen molar-refractivity contribution in [3.05, 3.63) is 108 Å². The van der Waals surface area contributed by atoms with Crippen molar-refractivity contribution in [2.24, 2.45) is 0 Å². The van der Waals surface area contributed by atoms with Gasteiger partial charge in [0.25, 0.3) is 0 Å². The number of hydrogen-bond acceptors (Lipinski definition) is 3. The molecule has 0 unspecified atom stereocenters. The van der Waals surface area contributed by atoms with E-state index >= 15 is 0 Å². The average Bonchev–Trinajstić information content (AvgIpc) is 3.22. The second-order valence-corrected chi connectivity index (χ2v) is 8.59. The summed E-state index contributed by atoms with van der Waals surface area (Å²) >= 11 is 0. The van der Waals surface area contributed by atoms with E-state index in [-0.39, 0.29) is 0 Å². The summed E-state index contributed by atoms with van der Waals surface area (Å²) in [6, 6.07) is 28.9. The van der Waals surface area contributed by atoms with Crippen LogP contribution in [0.25, 0.3) is 33.4 Å².